The summed E-state index contributed by atoms with van der Waals surface area (Å²) >= 11 is 0. The number of hydrogen-bond donors (Lipinski definition) is 0. The standard InChI is InChI=1S/C12H19NO/c1-4-14-12(10-13(2)3)11-8-6-5-7-9-11/h5-9,12H,4,10H2,1-3H3. The molecular weight excluding hydrogens is 174 g/mol. The normalized spacial score (nSPS) is 13.1. The Bertz CT molecular complexity index is 246. The van der Waals surface area contributed by atoms with Crippen LogP contribution < -0.4 is 0 Å². The molecule has 0 aliphatic rings. The summed E-state index contributed by atoms with van der Waals surface area (Å²) in [6.45, 7) is 3.72. The summed E-state index contributed by atoms with van der Waals surface area (Å²) in [5, 5.41) is 0. The van der Waals surface area contributed by atoms with E-state index >= 15 is 0 Å². The molecule has 0 spiro atoms. The van der Waals surface area contributed by atoms with E-state index in [0.29, 0.717) is 0 Å². The summed E-state index contributed by atoms with van der Waals surface area (Å²) in [7, 11) is 4.13. The molecule has 1 unspecified atom stereocenters. The Morgan fingerprint density at radius 2 is 1.86 bits per heavy atom. The zero-order chi connectivity index (χ0) is 10.4. The Morgan fingerprint density at radius 1 is 1.21 bits per heavy atom. The molecule has 1 rings (SSSR count). The van der Waals surface area contributed by atoms with Crippen LogP contribution in [0, 0.1) is 0 Å². The van der Waals surface area contributed by atoms with Crippen LogP contribution in [0.3, 0.4) is 0 Å². The molecule has 0 aliphatic carbocycles. The Balaban J connectivity index is 2.67. The molecule has 2 heteroatoms. The van der Waals surface area contributed by atoms with Crippen LogP contribution in [-0.2, 0) is 4.74 Å². The smallest absolute Gasteiger partial charge is 0.0951 e. The molecule has 0 saturated carbocycles. The lowest BCUT2D eigenvalue weighted by molar-refractivity contribution is 0.0434. The van der Waals surface area contributed by atoms with Gasteiger partial charge in [-0.3, -0.25) is 0 Å². The molecule has 0 aliphatic heterocycles. The van der Waals surface area contributed by atoms with Crippen molar-refractivity contribution in [2.75, 3.05) is 27.2 Å². The maximum atomic E-state index is 5.70. The zero-order valence-corrected chi connectivity index (χ0v) is 9.23. The number of benzene rings is 1. The highest BCUT2D eigenvalue weighted by Crippen LogP contribution is 2.17. The second-order valence-electron chi connectivity index (χ2n) is 3.62. The van der Waals surface area contributed by atoms with Crippen LogP contribution in [0.15, 0.2) is 30.3 Å². The van der Waals surface area contributed by atoms with Gasteiger partial charge in [0.05, 0.1) is 6.10 Å². The molecule has 1 aromatic carbocycles. The van der Waals surface area contributed by atoms with Crippen molar-refractivity contribution in [2.45, 2.75) is 13.0 Å². The summed E-state index contributed by atoms with van der Waals surface area (Å²) in [4.78, 5) is 2.15. The molecule has 0 heterocycles. The van der Waals surface area contributed by atoms with E-state index in [1.54, 1.807) is 0 Å². The minimum Gasteiger partial charge on any atom is -0.372 e. The van der Waals surface area contributed by atoms with E-state index in [2.05, 4.69) is 43.3 Å². The summed E-state index contributed by atoms with van der Waals surface area (Å²) in [5.41, 5.74) is 1.25. The summed E-state index contributed by atoms with van der Waals surface area (Å²) in [6.07, 6.45) is 0.191. The van der Waals surface area contributed by atoms with E-state index in [1.807, 2.05) is 13.0 Å². The lowest BCUT2D eigenvalue weighted by Gasteiger charge is -2.21. The SMILES string of the molecule is CCOC(CN(C)C)c1ccccc1. The first kappa shape index (κ1) is 11.2. The van der Waals surface area contributed by atoms with Gasteiger partial charge >= 0.3 is 0 Å². The molecule has 0 saturated heterocycles. The van der Waals surface area contributed by atoms with Gasteiger partial charge in [0.1, 0.15) is 0 Å². The largest absolute Gasteiger partial charge is 0.372 e. The van der Waals surface area contributed by atoms with E-state index in [1.165, 1.54) is 5.56 Å². The van der Waals surface area contributed by atoms with Crippen LogP contribution in [0.2, 0.25) is 0 Å². The topological polar surface area (TPSA) is 12.5 Å². The minimum atomic E-state index is 0.191. The fourth-order valence-corrected chi connectivity index (χ4v) is 1.45. The van der Waals surface area contributed by atoms with E-state index < -0.39 is 0 Å². The first-order valence-corrected chi connectivity index (χ1v) is 5.05. The Morgan fingerprint density at radius 3 is 2.36 bits per heavy atom. The lowest BCUT2D eigenvalue weighted by Crippen LogP contribution is -2.22. The van der Waals surface area contributed by atoms with Gasteiger partial charge in [-0.2, -0.15) is 0 Å². The Labute approximate surface area is 86.5 Å². The van der Waals surface area contributed by atoms with Gasteiger partial charge in [-0.05, 0) is 26.6 Å². The van der Waals surface area contributed by atoms with Gasteiger partial charge in [0.15, 0.2) is 0 Å². The van der Waals surface area contributed by atoms with Crippen LogP contribution >= 0.6 is 0 Å². The highest BCUT2D eigenvalue weighted by molar-refractivity contribution is 5.17. The van der Waals surface area contributed by atoms with Gasteiger partial charge in [0, 0.05) is 13.2 Å². The van der Waals surface area contributed by atoms with Crippen molar-refractivity contribution in [1.82, 2.24) is 4.90 Å². The van der Waals surface area contributed by atoms with Gasteiger partial charge in [0.2, 0.25) is 0 Å². The molecule has 78 valence electrons. The molecule has 0 N–H and O–H groups in total. The first-order chi connectivity index (χ1) is 6.74. The Hall–Kier alpha value is -0.860. The third-order valence-corrected chi connectivity index (χ3v) is 2.07. The summed E-state index contributed by atoms with van der Waals surface area (Å²) in [5.74, 6) is 0. The number of likely N-dealkylation sites (N-methyl/N-ethyl adjacent to an activating group) is 1. The number of hydrogen-bond acceptors (Lipinski definition) is 2. The molecule has 2 nitrogen and oxygen atoms in total. The predicted octanol–water partition coefficient (Wildman–Crippen LogP) is 2.33. The highest BCUT2D eigenvalue weighted by atomic mass is 16.5. The molecule has 14 heavy (non-hydrogen) atoms. The maximum absolute atomic E-state index is 5.70. The fraction of sp³-hybridized carbons (Fsp3) is 0.500. The van der Waals surface area contributed by atoms with E-state index in [9.17, 15) is 0 Å². The van der Waals surface area contributed by atoms with Gasteiger partial charge in [-0.25, -0.2) is 0 Å². The molecular formula is C12H19NO. The quantitative estimate of drug-likeness (QED) is 0.711. The zero-order valence-electron chi connectivity index (χ0n) is 9.23. The minimum absolute atomic E-state index is 0.191. The second kappa shape index (κ2) is 5.78. The average molecular weight is 193 g/mol. The third kappa shape index (κ3) is 3.48. The fourth-order valence-electron chi connectivity index (χ4n) is 1.45. The van der Waals surface area contributed by atoms with Crippen molar-refractivity contribution in [3.63, 3.8) is 0 Å². The van der Waals surface area contributed by atoms with Gasteiger partial charge in [0.25, 0.3) is 0 Å². The molecule has 1 aromatic rings. The monoisotopic (exact) mass is 193 g/mol. The van der Waals surface area contributed by atoms with Crippen molar-refractivity contribution in [2.24, 2.45) is 0 Å². The summed E-state index contributed by atoms with van der Waals surface area (Å²) in [6, 6.07) is 10.4. The van der Waals surface area contributed by atoms with Crippen LogP contribution in [0.5, 0.6) is 0 Å². The Kier molecular flexibility index (Phi) is 4.63. The van der Waals surface area contributed by atoms with Gasteiger partial charge in [-0.15, -0.1) is 0 Å². The second-order valence-corrected chi connectivity index (χ2v) is 3.62. The number of nitrogens with zero attached hydrogens (tertiary/aromatic N) is 1. The number of ether oxygens (including phenoxy) is 1. The molecule has 0 amide bonds. The molecule has 0 bridgehead atoms. The predicted molar refractivity (Wildman–Crippen MR) is 59.4 cm³/mol. The van der Waals surface area contributed by atoms with Crippen molar-refractivity contribution < 1.29 is 4.74 Å². The lowest BCUT2D eigenvalue weighted by atomic mass is 10.1. The first-order valence-electron chi connectivity index (χ1n) is 5.05. The maximum Gasteiger partial charge on any atom is 0.0951 e. The average Bonchev–Trinajstić information content (AvgIpc) is 2.18. The number of rotatable bonds is 5. The van der Waals surface area contributed by atoms with Crippen LogP contribution in [0.1, 0.15) is 18.6 Å². The molecule has 0 fully saturated rings. The molecule has 0 aromatic heterocycles. The third-order valence-electron chi connectivity index (χ3n) is 2.07. The van der Waals surface area contributed by atoms with Crippen LogP contribution in [-0.4, -0.2) is 32.1 Å². The summed E-state index contributed by atoms with van der Waals surface area (Å²) < 4.78 is 5.70. The van der Waals surface area contributed by atoms with Crippen molar-refractivity contribution in [3.05, 3.63) is 35.9 Å². The van der Waals surface area contributed by atoms with Crippen molar-refractivity contribution in [3.8, 4) is 0 Å². The molecule has 0 radical (unpaired) electrons. The molecule has 1 atom stereocenters. The van der Waals surface area contributed by atoms with E-state index in [0.717, 1.165) is 13.2 Å². The van der Waals surface area contributed by atoms with Crippen molar-refractivity contribution >= 4 is 0 Å². The van der Waals surface area contributed by atoms with Crippen LogP contribution in [0.25, 0.3) is 0 Å². The van der Waals surface area contributed by atoms with Crippen molar-refractivity contribution in [1.29, 1.82) is 0 Å². The van der Waals surface area contributed by atoms with E-state index in [4.69, 9.17) is 4.74 Å². The highest BCUT2D eigenvalue weighted by Gasteiger charge is 2.11. The van der Waals surface area contributed by atoms with Crippen LogP contribution in [0.4, 0.5) is 0 Å². The van der Waals surface area contributed by atoms with E-state index in [-0.39, 0.29) is 6.10 Å². The van der Waals surface area contributed by atoms with Gasteiger partial charge < -0.3 is 9.64 Å². The van der Waals surface area contributed by atoms with Gasteiger partial charge in [-0.1, -0.05) is 30.3 Å².